The number of aryl methyl sites for hydroxylation is 2. The number of carboxylic acids is 1. The molecule has 150 valence electrons. The van der Waals surface area contributed by atoms with Crippen LogP contribution in [0.4, 0.5) is 0 Å². The molecule has 0 radical (unpaired) electrons. The zero-order valence-corrected chi connectivity index (χ0v) is 16.4. The fourth-order valence-electron chi connectivity index (χ4n) is 3.07. The highest BCUT2D eigenvalue weighted by Gasteiger charge is 2.25. The van der Waals surface area contributed by atoms with Crippen LogP contribution in [0.5, 0.6) is 5.75 Å². The molecule has 0 bridgehead atoms. The molecule has 2 rings (SSSR count). The van der Waals surface area contributed by atoms with E-state index in [9.17, 15) is 9.59 Å². The van der Waals surface area contributed by atoms with Gasteiger partial charge in [0.1, 0.15) is 5.75 Å². The zero-order valence-electron chi connectivity index (χ0n) is 16.4. The molecule has 27 heavy (non-hydrogen) atoms. The van der Waals surface area contributed by atoms with Crippen LogP contribution in [0.3, 0.4) is 0 Å². The third-order valence-electron chi connectivity index (χ3n) is 4.69. The van der Waals surface area contributed by atoms with E-state index in [0.717, 1.165) is 5.75 Å². The standard InChI is InChI=1S/C20H30N2O5/c1-15-6-7-17(11-16(15)2)26-9-4-5-19(23)22-8-10-27-18(13-22)12-21(3)14-20(24)25/h6-7,11,18H,4-5,8-10,12-14H2,1-3H3,(H,24,25). The van der Waals surface area contributed by atoms with Crippen LogP contribution in [0, 0.1) is 13.8 Å². The van der Waals surface area contributed by atoms with Crippen LogP contribution in [0.25, 0.3) is 0 Å². The largest absolute Gasteiger partial charge is 0.494 e. The minimum Gasteiger partial charge on any atom is -0.494 e. The Morgan fingerprint density at radius 3 is 2.81 bits per heavy atom. The van der Waals surface area contributed by atoms with Crippen molar-refractivity contribution in [3.05, 3.63) is 29.3 Å². The molecular weight excluding hydrogens is 348 g/mol. The Bertz CT molecular complexity index is 649. The van der Waals surface area contributed by atoms with Crippen LogP contribution in [0.1, 0.15) is 24.0 Å². The van der Waals surface area contributed by atoms with E-state index >= 15 is 0 Å². The van der Waals surface area contributed by atoms with Gasteiger partial charge in [-0.1, -0.05) is 6.07 Å². The minimum absolute atomic E-state index is 0.0381. The number of aliphatic carboxylic acids is 1. The molecule has 1 unspecified atom stereocenters. The highest BCUT2D eigenvalue weighted by atomic mass is 16.5. The molecular formula is C20H30N2O5. The van der Waals surface area contributed by atoms with Gasteiger partial charge in [-0.25, -0.2) is 0 Å². The Labute approximate surface area is 160 Å². The number of carbonyl (C=O) groups excluding carboxylic acids is 1. The molecule has 1 fully saturated rings. The maximum Gasteiger partial charge on any atom is 0.317 e. The lowest BCUT2D eigenvalue weighted by Gasteiger charge is -2.34. The third kappa shape index (κ3) is 7.19. The van der Waals surface area contributed by atoms with Crippen molar-refractivity contribution in [1.82, 2.24) is 9.80 Å². The van der Waals surface area contributed by atoms with E-state index in [1.807, 2.05) is 18.2 Å². The van der Waals surface area contributed by atoms with Crippen LogP contribution >= 0.6 is 0 Å². The average Bonchev–Trinajstić information content (AvgIpc) is 2.61. The van der Waals surface area contributed by atoms with Crippen molar-refractivity contribution in [2.24, 2.45) is 0 Å². The molecule has 1 N–H and O–H groups in total. The number of morpholine rings is 1. The monoisotopic (exact) mass is 378 g/mol. The van der Waals surface area contributed by atoms with E-state index in [0.29, 0.717) is 45.7 Å². The Hall–Kier alpha value is -2.12. The summed E-state index contributed by atoms with van der Waals surface area (Å²) in [4.78, 5) is 26.7. The predicted octanol–water partition coefficient (Wildman–Crippen LogP) is 1.71. The van der Waals surface area contributed by atoms with Crippen molar-refractivity contribution in [3.63, 3.8) is 0 Å². The maximum atomic E-state index is 12.4. The summed E-state index contributed by atoms with van der Waals surface area (Å²) in [6, 6.07) is 5.99. The molecule has 1 aromatic rings. The van der Waals surface area contributed by atoms with Crippen molar-refractivity contribution in [3.8, 4) is 5.75 Å². The molecule has 1 saturated heterocycles. The molecule has 0 aliphatic carbocycles. The second kappa shape index (κ2) is 10.3. The van der Waals surface area contributed by atoms with Gasteiger partial charge in [0.2, 0.25) is 5.91 Å². The Morgan fingerprint density at radius 1 is 1.33 bits per heavy atom. The summed E-state index contributed by atoms with van der Waals surface area (Å²) in [7, 11) is 1.74. The first-order valence-corrected chi connectivity index (χ1v) is 9.35. The van der Waals surface area contributed by atoms with Crippen LogP contribution in [0.2, 0.25) is 0 Å². The number of amides is 1. The second-order valence-electron chi connectivity index (χ2n) is 7.12. The number of carbonyl (C=O) groups is 2. The lowest BCUT2D eigenvalue weighted by molar-refractivity contribution is -0.142. The molecule has 0 saturated carbocycles. The van der Waals surface area contributed by atoms with Gasteiger partial charge in [0.15, 0.2) is 0 Å². The van der Waals surface area contributed by atoms with Crippen LogP contribution < -0.4 is 4.74 Å². The topological polar surface area (TPSA) is 79.3 Å². The fourth-order valence-corrected chi connectivity index (χ4v) is 3.07. The summed E-state index contributed by atoms with van der Waals surface area (Å²) < 4.78 is 11.4. The van der Waals surface area contributed by atoms with Crippen molar-refractivity contribution in [2.75, 3.05) is 46.4 Å². The van der Waals surface area contributed by atoms with Gasteiger partial charge in [0.25, 0.3) is 0 Å². The molecule has 1 aromatic carbocycles. The highest BCUT2D eigenvalue weighted by Crippen LogP contribution is 2.17. The van der Waals surface area contributed by atoms with Crippen molar-refractivity contribution in [2.45, 2.75) is 32.8 Å². The Morgan fingerprint density at radius 2 is 2.11 bits per heavy atom. The van der Waals surface area contributed by atoms with Gasteiger partial charge in [-0.05, 0) is 50.6 Å². The minimum atomic E-state index is -0.870. The quantitative estimate of drug-likeness (QED) is 0.659. The van der Waals surface area contributed by atoms with Crippen molar-refractivity contribution in [1.29, 1.82) is 0 Å². The zero-order chi connectivity index (χ0) is 19.8. The number of likely N-dealkylation sites (N-methyl/N-ethyl adjacent to an activating group) is 1. The first kappa shape index (κ1) is 21.2. The van der Waals surface area contributed by atoms with Gasteiger partial charge in [-0.3, -0.25) is 14.5 Å². The maximum absolute atomic E-state index is 12.4. The number of hydrogen-bond acceptors (Lipinski definition) is 5. The molecule has 0 aromatic heterocycles. The molecule has 1 aliphatic rings. The Balaban J connectivity index is 1.70. The molecule has 1 aliphatic heterocycles. The lowest BCUT2D eigenvalue weighted by Crippen LogP contribution is -2.49. The fraction of sp³-hybridized carbons (Fsp3) is 0.600. The summed E-state index contributed by atoms with van der Waals surface area (Å²) in [6.45, 7) is 6.63. The summed E-state index contributed by atoms with van der Waals surface area (Å²) in [5, 5.41) is 8.83. The normalized spacial score (nSPS) is 17.2. The summed E-state index contributed by atoms with van der Waals surface area (Å²) in [5.74, 6) is 0.0522. The Kier molecular flexibility index (Phi) is 8.06. The van der Waals surface area contributed by atoms with Crippen LogP contribution in [-0.4, -0.2) is 79.3 Å². The highest BCUT2D eigenvalue weighted by molar-refractivity contribution is 5.76. The molecule has 1 atom stereocenters. The first-order chi connectivity index (χ1) is 12.8. The third-order valence-corrected chi connectivity index (χ3v) is 4.69. The molecule has 7 nitrogen and oxygen atoms in total. The van der Waals surface area contributed by atoms with Gasteiger partial charge in [0, 0.05) is 26.1 Å². The van der Waals surface area contributed by atoms with Gasteiger partial charge >= 0.3 is 5.97 Å². The van der Waals surface area contributed by atoms with Crippen molar-refractivity contribution < 1.29 is 24.2 Å². The number of hydrogen-bond donors (Lipinski definition) is 1. The van der Waals surface area contributed by atoms with Gasteiger partial charge < -0.3 is 19.5 Å². The first-order valence-electron chi connectivity index (χ1n) is 9.35. The number of carboxylic acid groups (broad SMARTS) is 1. The average molecular weight is 378 g/mol. The second-order valence-corrected chi connectivity index (χ2v) is 7.12. The summed E-state index contributed by atoms with van der Waals surface area (Å²) in [6.07, 6.45) is 0.939. The van der Waals surface area contributed by atoms with E-state index in [-0.39, 0.29) is 18.6 Å². The van der Waals surface area contributed by atoms with Gasteiger partial charge in [-0.15, -0.1) is 0 Å². The van der Waals surface area contributed by atoms with E-state index < -0.39 is 5.97 Å². The number of rotatable bonds is 9. The van der Waals surface area contributed by atoms with E-state index in [1.54, 1.807) is 16.8 Å². The predicted molar refractivity (Wildman–Crippen MR) is 102 cm³/mol. The number of nitrogens with zero attached hydrogens (tertiary/aromatic N) is 2. The van der Waals surface area contributed by atoms with E-state index in [4.69, 9.17) is 14.6 Å². The van der Waals surface area contributed by atoms with Gasteiger partial charge in [-0.2, -0.15) is 0 Å². The van der Waals surface area contributed by atoms with Crippen molar-refractivity contribution >= 4 is 11.9 Å². The molecule has 1 amide bonds. The smallest absolute Gasteiger partial charge is 0.317 e. The SMILES string of the molecule is Cc1ccc(OCCCC(=O)N2CCOC(CN(C)CC(=O)O)C2)cc1C. The van der Waals surface area contributed by atoms with Gasteiger partial charge in [0.05, 0.1) is 25.9 Å². The van der Waals surface area contributed by atoms with E-state index in [2.05, 4.69) is 13.8 Å². The molecule has 1 heterocycles. The number of ether oxygens (including phenoxy) is 2. The summed E-state index contributed by atoms with van der Waals surface area (Å²) >= 11 is 0. The molecule has 0 spiro atoms. The van der Waals surface area contributed by atoms with Crippen LogP contribution in [0.15, 0.2) is 18.2 Å². The number of benzene rings is 1. The molecule has 7 heteroatoms. The summed E-state index contributed by atoms with van der Waals surface area (Å²) in [5.41, 5.74) is 2.42. The van der Waals surface area contributed by atoms with E-state index in [1.165, 1.54) is 11.1 Å². The lowest BCUT2D eigenvalue weighted by atomic mass is 10.1. The van der Waals surface area contributed by atoms with Crippen LogP contribution in [-0.2, 0) is 14.3 Å².